The van der Waals surface area contributed by atoms with Crippen LogP contribution in [0.3, 0.4) is 0 Å². The number of halogens is 3. The molecular formula is C46H48BBrF2N6O4S2. The van der Waals surface area contributed by atoms with Gasteiger partial charge in [-0.15, -0.1) is 43.1 Å². The molecule has 0 N–H and O–H groups in total. The maximum absolute atomic E-state index is 13.7. The zero-order valence-electron chi connectivity index (χ0n) is 36.1. The smallest absolute Gasteiger partial charge is 0.399 e. The highest BCUT2D eigenvalue weighted by atomic mass is 79.9. The number of aromatic nitrogens is 6. The van der Waals surface area contributed by atoms with Gasteiger partial charge >= 0.3 is 7.12 Å². The highest BCUT2D eigenvalue weighted by Gasteiger charge is 2.53. The molecule has 4 aromatic heterocycles. The molecule has 0 spiro atoms. The lowest BCUT2D eigenvalue weighted by Crippen LogP contribution is -2.41. The molecule has 7 heterocycles. The Morgan fingerprint density at radius 2 is 1.18 bits per heavy atom. The number of aryl methyl sites for hydroxylation is 6. The zero-order valence-corrected chi connectivity index (χ0v) is 39.3. The van der Waals surface area contributed by atoms with Gasteiger partial charge in [-0.25, -0.2) is 8.78 Å². The summed E-state index contributed by atoms with van der Waals surface area (Å²) in [5.74, 6) is 3.16. The molecule has 0 unspecified atom stereocenters. The molecule has 3 aliphatic heterocycles. The van der Waals surface area contributed by atoms with Gasteiger partial charge in [0.1, 0.15) is 46.5 Å². The Labute approximate surface area is 377 Å². The summed E-state index contributed by atoms with van der Waals surface area (Å²) in [6.45, 7) is 18.5. The average molecular weight is 942 g/mol. The highest BCUT2D eigenvalue weighted by molar-refractivity contribution is 9.10. The number of hydrogen-bond donors (Lipinski definition) is 0. The van der Waals surface area contributed by atoms with E-state index in [0.29, 0.717) is 26.4 Å². The standard InChI is InChI=1S/C20H18FN3OS.C16H20BFO2.C10H10BrN3OS/c1-11-19(16-5-3-4-13-8-14(21)6-7-15(13)16)17-9-25-10-18-23-22-12(2)24(18)20(17)26-11;1-15(2)16(3,4)20-17(19-15)14-7-5-6-11-10-12(18)8-9-13(11)14;1-5-9(11)7-3-15-4-8-13-12-6(2)14(8)10(7)16-5/h5-8H,3-4,9-10H2,1-2H3;7-10H,5-6H2,1-4H3;3-4H2,1-2H3. The minimum absolute atomic E-state index is 0.168. The molecule has 1 saturated heterocycles. The summed E-state index contributed by atoms with van der Waals surface area (Å²) in [6, 6.07) is 10.1. The minimum atomic E-state index is -0.371. The summed E-state index contributed by atoms with van der Waals surface area (Å²) in [7, 11) is -0.371. The summed E-state index contributed by atoms with van der Waals surface area (Å²) >= 11 is 7.11. The van der Waals surface area contributed by atoms with Crippen LogP contribution in [-0.4, -0.2) is 47.8 Å². The van der Waals surface area contributed by atoms with Crippen molar-refractivity contribution in [3.05, 3.63) is 137 Å². The van der Waals surface area contributed by atoms with Crippen molar-refractivity contribution in [3.63, 3.8) is 0 Å². The van der Waals surface area contributed by atoms with Crippen LogP contribution in [0.15, 0.2) is 53.0 Å². The van der Waals surface area contributed by atoms with E-state index in [0.717, 1.165) is 86.2 Å². The van der Waals surface area contributed by atoms with Gasteiger partial charge in [-0.2, -0.15) is 0 Å². The van der Waals surface area contributed by atoms with E-state index in [1.807, 2.05) is 53.7 Å². The molecule has 0 radical (unpaired) electrons. The SMILES string of the molecule is CC1(C)OB(C2=CCCc3cc(F)ccc32)OC1(C)C.Cc1sc2c(c1Br)COCc1nnc(C)n1-2.Cc1sc2c(c1C1=CCCc3cc(F)ccc31)COCc1nnc(C)n1-2. The first-order valence-electron chi connectivity index (χ1n) is 20.8. The van der Waals surface area contributed by atoms with Gasteiger partial charge in [0.25, 0.3) is 0 Å². The van der Waals surface area contributed by atoms with Gasteiger partial charge < -0.3 is 18.8 Å². The largest absolute Gasteiger partial charge is 0.495 e. The predicted molar refractivity (Wildman–Crippen MR) is 243 cm³/mol. The molecule has 0 atom stereocenters. The van der Waals surface area contributed by atoms with Crippen molar-refractivity contribution in [1.82, 2.24) is 29.5 Å². The normalized spacial score (nSPS) is 17.9. The van der Waals surface area contributed by atoms with Crippen molar-refractivity contribution in [2.45, 2.75) is 119 Å². The summed E-state index contributed by atoms with van der Waals surface area (Å²) in [5, 5.41) is 19.0. The Kier molecular flexibility index (Phi) is 11.7. The molecule has 322 valence electrons. The van der Waals surface area contributed by atoms with Crippen LogP contribution in [0.2, 0.25) is 0 Å². The van der Waals surface area contributed by atoms with Crippen molar-refractivity contribution in [2.75, 3.05) is 0 Å². The molecule has 2 aromatic carbocycles. The molecule has 16 heteroatoms. The topological polar surface area (TPSA) is 98.3 Å². The summed E-state index contributed by atoms with van der Waals surface area (Å²) in [5.41, 5.74) is 9.42. The quantitative estimate of drug-likeness (QED) is 0.158. The molecular weight excluding hydrogens is 893 g/mol. The van der Waals surface area contributed by atoms with Gasteiger partial charge in [-0.3, -0.25) is 9.13 Å². The summed E-state index contributed by atoms with van der Waals surface area (Å²) in [4.78, 5) is 2.50. The fraction of sp³-hybridized carbons (Fsp3) is 0.391. The monoisotopic (exact) mass is 940 g/mol. The Morgan fingerprint density at radius 3 is 1.79 bits per heavy atom. The first-order valence-corrected chi connectivity index (χ1v) is 23.3. The molecule has 10 nitrogen and oxygen atoms in total. The number of benzene rings is 2. The number of thiophene rings is 2. The van der Waals surface area contributed by atoms with E-state index in [2.05, 4.69) is 71.5 Å². The van der Waals surface area contributed by atoms with Gasteiger partial charge in [-0.05, 0) is 155 Å². The second-order valence-electron chi connectivity index (χ2n) is 17.1. The van der Waals surface area contributed by atoms with Crippen LogP contribution in [0.4, 0.5) is 8.78 Å². The van der Waals surface area contributed by atoms with Crippen molar-refractivity contribution in [1.29, 1.82) is 0 Å². The fourth-order valence-corrected chi connectivity index (χ4v) is 11.6. The number of ether oxygens (including phenoxy) is 2. The molecule has 62 heavy (non-hydrogen) atoms. The summed E-state index contributed by atoms with van der Waals surface area (Å²) in [6.07, 6.45) is 8.01. The highest BCUT2D eigenvalue weighted by Crippen LogP contribution is 2.45. The van der Waals surface area contributed by atoms with Gasteiger partial charge in [0.05, 0.1) is 24.4 Å². The second-order valence-corrected chi connectivity index (χ2v) is 20.3. The van der Waals surface area contributed by atoms with Crippen LogP contribution in [-0.2, 0) is 58.1 Å². The Hall–Kier alpha value is -4.16. The van der Waals surface area contributed by atoms with Crippen LogP contribution in [0.1, 0.15) is 113 Å². The van der Waals surface area contributed by atoms with E-state index in [1.54, 1.807) is 40.9 Å². The number of allylic oxidation sites excluding steroid dienone is 2. The van der Waals surface area contributed by atoms with Crippen molar-refractivity contribution >= 4 is 56.8 Å². The molecule has 1 fully saturated rings. The van der Waals surface area contributed by atoms with Crippen LogP contribution in [0, 0.1) is 39.3 Å². The fourth-order valence-electron chi connectivity index (χ4n) is 8.61. The minimum Gasteiger partial charge on any atom is -0.399 e. The van der Waals surface area contributed by atoms with Crippen molar-refractivity contribution < 1.29 is 27.6 Å². The number of rotatable bonds is 2. The third-order valence-corrected chi connectivity index (χ3v) is 16.0. The van der Waals surface area contributed by atoms with Crippen LogP contribution in [0.25, 0.3) is 21.0 Å². The van der Waals surface area contributed by atoms with E-state index < -0.39 is 0 Å². The lowest BCUT2D eigenvalue weighted by atomic mass is 9.70. The van der Waals surface area contributed by atoms with E-state index >= 15 is 0 Å². The number of fused-ring (bicyclic) bond motifs is 8. The number of nitrogens with zero attached hydrogens (tertiary/aromatic N) is 6. The molecule has 0 saturated carbocycles. The first-order chi connectivity index (χ1) is 29.6. The van der Waals surface area contributed by atoms with Gasteiger partial charge in [0.2, 0.25) is 0 Å². The third kappa shape index (κ3) is 7.79. The van der Waals surface area contributed by atoms with E-state index in [-0.39, 0.29) is 30.0 Å². The second kappa shape index (κ2) is 16.8. The Bertz CT molecular complexity index is 2770. The average Bonchev–Trinajstić information content (AvgIpc) is 3.94. The maximum Gasteiger partial charge on any atom is 0.495 e. The lowest BCUT2D eigenvalue weighted by Gasteiger charge is -2.32. The molecule has 0 bridgehead atoms. The van der Waals surface area contributed by atoms with Gasteiger partial charge in [-0.1, -0.05) is 24.3 Å². The van der Waals surface area contributed by atoms with E-state index in [9.17, 15) is 8.78 Å². The van der Waals surface area contributed by atoms with Crippen molar-refractivity contribution in [2.24, 2.45) is 0 Å². The first kappa shape index (κ1) is 43.1. The third-order valence-electron chi connectivity index (χ3n) is 12.4. The Morgan fingerprint density at radius 1 is 0.661 bits per heavy atom. The molecule has 0 amide bonds. The van der Waals surface area contributed by atoms with Gasteiger partial charge in [0, 0.05) is 30.9 Å². The maximum atomic E-state index is 13.7. The van der Waals surface area contributed by atoms with Crippen LogP contribution in [0.5, 0.6) is 0 Å². The van der Waals surface area contributed by atoms with Gasteiger partial charge in [0.15, 0.2) is 11.6 Å². The van der Waals surface area contributed by atoms with Crippen LogP contribution >= 0.6 is 38.6 Å². The molecule has 5 aliphatic rings. The number of hydrogen-bond acceptors (Lipinski definition) is 10. The Balaban J connectivity index is 0.000000122. The summed E-state index contributed by atoms with van der Waals surface area (Å²) < 4.78 is 56.1. The molecule has 6 aromatic rings. The lowest BCUT2D eigenvalue weighted by molar-refractivity contribution is 0.00578. The molecule has 2 aliphatic carbocycles. The molecule has 11 rings (SSSR count). The van der Waals surface area contributed by atoms with E-state index in [4.69, 9.17) is 18.8 Å². The van der Waals surface area contributed by atoms with Crippen molar-refractivity contribution in [3.8, 4) is 10.0 Å². The van der Waals surface area contributed by atoms with Crippen LogP contribution < -0.4 is 0 Å². The van der Waals surface area contributed by atoms with E-state index in [1.165, 1.54) is 43.1 Å². The predicted octanol–water partition coefficient (Wildman–Crippen LogP) is 11.0. The zero-order chi connectivity index (χ0) is 43.7.